The molecule has 104 valence electrons. The van der Waals surface area contributed by atoms with Crippen molar-refractivity contribution in [1.82, 2.24) is 15.5 Å². The molecule has 7 nitrogen and oxygen atoms in total. The van der Waals surface area contributed by atoms with Crippen LogP contribution >= 0.6 is 0 Å². The molecule has 0 bridgehead atoms. The van der Waals surface area contributed by atoms with Crippen LogP contribution in [-0.2, 0) is 9.53 Å². The molecule has 0 radical (unpaired) electrons. The van der Waals surface area contributed by atoms with Crippen molar-refractivity contribution in [3.8, 4) is 0 Å². The van der Waals surface area contributed by atoms with Crippen LogP contribution in [0.15, 0.2) is 0 Å². The number of aliphatic hydroxyl groups is 1. The van der Waals surface area contributed by atoms with Crippen molar-refractivity contribution < 1.29 is 19.4 Å². The van der Waals surface area contributed by atoms with Crippen LogP contribution in [-0.4, -0.2) is 66.9 Å². The molecule has 3 amide bonds. The van der Waals surface area contributed by atoms with Crippen LogP contribution in [0.5, 0.6) is 0 Å². The van der Waals surface area contributed by atoms with Crippen LogP contribution in [0.4, 0.5) is 4.79 Å². The van der Waals surface area contributed by atoms with Gasteiger partial charge in [0.15, 0.2) is 0 Å². The fourth-order valence-corrected chi connectivity index (χ4v) is 1.76. The summed E-state index contributed by atoms with van der Waals surface area (Å²) in [5.74, 6) is -0.355. The largest absolute Gasteiger partial charge is 0.394 e. The van der Waals surface area contributed by atoms with Gasteiger partial charge in [-0.3, -0.25) is 15.0 Å². The van der Waals surface area contributed by atoms with Gasteiger partial charge in [0, 0.05) is 19.1 Å². The van der Waals surface area contributed by atoms with Gasteiger partial charge in [0.25, 0.3) is 0 Å². The average Bonchev–Trinajstić information content (AvgIpc) is 2.32. The van der Waals surface area contributed by atoms with Crippen LogP contribution in [0.3, 0.4) is 0 Å². The number of hydrogen-bond donors (Lipinski definition) is 3. The maximum Gasteiger partial charge on any atom is 0.321 e. The van der Waals surface area contributed by atoms with E-state index >= 15 is 0 Å². The quantitative estimate of drug-likeness (QED) is 0.597. The molecule has 18 heavy (non-hydrogen) atoms. The Morgan fingerprint density at radius 3 is 2.83 bits per heavy atom. The summed E-state index contributed by atoms with van der Waals surface area (Å²) in [6.45, 7) is 5.20. The topological polar surface area (TPSA) is 90.9 Å². The van der Waals surface area contributed by atoms with Gasteiger partial charge in [0.05, 0.1) is 25.9 Å². The lowest BCUT2D eigenvalue weighted by atomic mass is 10.2. The minimum atomic E-state index is -0.484. The number of nitrogens with zero attached hydrogens (tertiary/aromatic N) is 1. The van der Waals surface area contributed by atoms with Crippen LogP contribution in [0.1, 0.15) is 13.8 Å². The van der Waals surface area contributed by atoms with Crippen LogP contribution in [0, 0.1) is 0 Å². The lowest BCUT2D eigenvalue weighted by Gasteiger charge is -2.36. The maximum atomic E-state index is 11.6. The molecular weight excluding hydrogens is 238 g/mol. The molecule has 3 N–H and O–H groups in total. The summed E-state index contributed by atoms with van der Waals surface area (Å²) in [7, 11) is 0. The first kappa shape index (κ1) is 14.9. The van der Waals surface area contributed by atoms with Gasteiger partial charge in [-0.05, 0) is 13.8 Å². The molecule has 0 aromatic rings. The lowest BCUT2D eigenvalue weighted by molar-refractivity contribution is -0.126. The van der Waals surface area contributed by atoms with E-state index in [-0.39, 0.29) is 31.2 Å². The molecule has 1 aliphatic rings. The molecule has 2 unspecified atom stereocenters. The van der Waals surface area contributed by atoms with E-state index in [1.807, 2.05) is 11.8 Å². The minimum Gasteiger partial charge on any atom is -0.394 e. The molecule has 0 saturated carbocycles. The molecule has 0 aromatic heterocycles. The molecule has 1 heterocycles. The van der Waals surface area contributed by atoms with Crippen LogP contribution in [0.2, 0.25) is 0 Å². The third-order valence-electron chi connectivity index (χ3n) is 2.78. The molecule has 0 aliphatic carbocycles. The van der Waals surface area contributed by atoms with Gasteiger partial charge in [-0.1, -0.05) is 0 Å². The summed E-state index contributed by atoms with van der Waals surface area (Å²) in [6.07, 6.45) is -0.265. The number of hydrogen-bond acceptors (Lipinski definition) is 5. The molecule has 1 rings (SSSR count). The Labute approximate surface area is 106 Å². The van der Waals surface area contributed by atoms with Gasteiger partial charge in [-0.15, -0.1) is 0 Å². The fraction of sp³-hybridized carbons (Fsp3) is 0.818. The highest BCUT2D eigenvalue weighted by molar-refractivity contribution is 5.95. The summed E-state index contributed by atoms with van der Waals surface area (Å²) < 4.78 is 5.37. The van der Waals surface area contributed by atoms with Gasteiger partial charge in [-0.2, -0.15) is 0 Å². The summed E-state index contributed by atoms with van der Waals surface area (Å²) in [5.41, 5.74) is 0. The summed E-state index contributed by atoms with van der Waals surface area (Å²) in [4.78, 5) is 24.7. The second-order valence-corrected chi connectivity index (χ2v) is 4.32. The molecule has 0 aromatic carbocycles. The molecule has 1 saturated heterocycles. The van der Waals surface area contributed by atoms with E-state index in [0.717, 1.165) is 0 Å². The number of amides is 3. The lowest BCUT2D eigenvalue weighted by Crippen LogP contribution is -2.53. The Morgan fingerprint density at radius 2 is 2.22 bits per heavy atom. The monoisotopic (exact) mass is 259 g/mol. The number of urea groups is 1. The third kappa shape index (κ3) is 4.59. The average molecular weight is 259 g/mol. The second kappa shape index (κ2) is 7.30. The van der Waals surface area contributed by atoms with Crippen LogP contribution in [0.25, 0.3) is 0 Å². The third-order valence-corrected chi connectivity index (χ3v) is 2.78. The van der Waals surface area contributed by atoms with Crippen molar-refractivity contribution in [3.63, 3.8) is 0 Å². The van der Waals surface area contributed by atoms with E-state index in [4.69, 9.17) is 9.84 Å². The predicted octanol–water partition coefficient (Wildman–Crippen LogP) is -1.09. The molecular formula is C11H21N3O4. The van der Waals surface area contributed by atoms with E-state index < -0.39 is 6.03 Å². The Kier molecular flexibility index (Phi) is 6.03. The number of imide groups is 1. The van der Waals surface area contributed by atoms with Crippen molar-refractivity contribution in [1.29, 1.82) is 0 Å². The van der Waals surface area contributed by atoms with Gasteiger partial charge in [0.1, 0.15) is 0 Å². The fourth-order valence-electron chi connectivity index (χ4n) is 1.76. The van der Waals surface area contributed by atoms with Crippen LogP contribution < -0.4 is 10.6 Å². The van der Waals surface area contributed by atoms with Gasteiger partial charge < -0.3 is 15.2 Å². The number of carbonyl (C=O) groups is 2. The van der Waals surface area contributed by atoms with Crippen molar-refractivity contribution in [3.05, 3.63) is 0 Å². The van der Waals surface area contributed by atoms with Gasteiger partial charge in [0.2, 0.25) is 5.91 Å². The van der Waals surface area contributed by atoms with E-state index in [0.29, 0.717) is 19.7 Å². The van der Waals surface area contributed by atoms with Crippen molar-refractivity contribution >= 4 is 11.9 Å². The number of morpholine rings is 1. The summed E-state index contributed by atoms with van der Waals surface area (Å²) >= 11 is 0. The molecule has 1 fully saturated rings. The molecule has 1 aliphatic heterocycles. The van der Waals surface area contributed by atoms with Crippen molar-refractivity contribution in [2.75, 3.05) is 32.8 Å². The Morgan fingerprint density at radius 1 is 1.50 bits per heavy atom. The predicted molar refractivity (Wildman–Crippen MR) is 65.1 cm³/mol. The SMILES string of the molecule is CCNC(=O)NC(=O)CN1CC(CO)OCC1C. The number of nitrogens with one attached hydrogen (secondary N) is 2. The summed E-state index contributed by atoms with van der Waals surface area (Å²) in [5, 5.41) is 13.8. The zero-order chi connectivity index (χ0) is 13.5. The van der Waals surface area contributed by atoms with E-state index in [1.54, 1.807) is 6.92 Å². The Hall–Kier alpha value is -1.18. The van der Waals surface area contributed by atoms with Crippen molar-refractivity contribution in [2.24, 2.45) is 0 Å². The van der Waals surface area contributed by atoms with Gasteiger partial charge >= 0.3 is 6.03 Å². The molecule has 7 heteroatoms. The van der Waals surface area contributed by atoms with E-state index in [2.05, 4.69) is 10.6 Å². The second-order valence-electron chi connectivity index (χ2n) is 4.32. The molecule has 0 spiro atoms. The number of carbonyl (C=O) groups excluding carboxylic acids is 2. The minimum absolute atomic E-state index is 0.0683. The first-order valence-corrected chi connectivity index (χ1v) is 6.11. The van der Waals surface area contributed by atoms with Gasteiger partial charge in [-0.25, -0.2) is 4.79 Å². The summed E-state index contributed by atoms with van der Waals surface area (Å²) in [6, 6.07) is -0.394. The first-order valence-electron chi connectivity index (χ1n) is 6.11. The number of rotatable bonds is 4. The van der Waals surface area contributed by atoms with E-state index in [9.17, 15) is 9.59 Å². The number of ether oxygens (including phenoxy) is 1. The van der Waals surface area contributed by atoms with E-state index in [1.165, 1.54) is 0 Å². The highest BCUT2D eigenvalue weighted by Crippen LogP contribution is 2.10. The zero-order valence-electron chi connectivity index (χ0n) is 10.8. The number of aliphatic hydroxyl groups excluding tert-OH is 1. The first-order chi connectivity index (χ1) is 8.56. The normalized spacial score (nSPS) is 24.6. The Balaban J connectivity index is 2.39. The molecule has 2 atom stereocenters. The maximum absolute atomic E-state index is 11.6. The van der Waals surface area contributed by atoms with Crippen molar-refractivity contribution in [2.45, 2.75) is 26.0 Å². The zero-order valence-corrected chi connectivity index (χ0v) is 10.8. The smallest absolute Gasteiger partial charge is 0.321 e. The standard InChI is InChI=1S/C11H21N3O4/c1-3-12-11(17)13-10(16)5-14-4-9(6-15)18-7-8(14)2/h8-9,15H,3-7H2,1-2H3,(H2,12,13,16,17). The highest BCUT2D eigenvalue weighted by atomic mass is 16.5. The Bertz CT molecular complexity index is 298. The highest BCUT2D eigenvalue weighted by Gasteiger charge is 2.27.